The van der Waals surface area contributed by atoms with Gasteiger partial charge in [0.15, 0.2) is 0 Å². The van der Waals surface area contributed by atoms with Crippen molar-refractivity contribution in [3.8, 4) is 0 Å². The summed E-state index contributed by atoms with van der Waals surface area (Å²) in [5.74, 6) is -0.535. The summed E-state index contributed by atoms with van der Waals surface area (Å²) in [7, 11) is 0. The minimum atomic E-state index is -0.702. The van der Waals surface area contributed by atoms with Crippen LogP contribution in [0.15, 0.2) is 24.3 Å². The van der Waals surface area contributed by atoms with E-state index in [2.05, 4.69) is 31.2 Å². The van der Waals surface area contributed by atoms with Crippen molar-refractivity contribution in [1.29, 1.82) is 0 Å². The van der Waals surface area contributed by atoms with Crippen molar-refractivity contribution in [1.82, 2.24) is 0 Å². The van der Waals surface area contributed by atoms with Crippen LogP contribution in [0.3, 0.4) is 0 Å². The van der Waals surface area contributed by atoms with Crippen LogP contribution >= 0.6 is 0 Å². The molecule has 0 amide bonds. The van der Waals surface area contributed by atoms with Gasteiger partial charge in [-0.05, 0) is 24.8 Å². The van der Waals surface area contributed by atoms with Gasteiger partial charge in [0.2, 0.25) is 0 Å². The third-order valence-corrected chi connectivity index (χ3v) is 3.13. The van der Waals surface area contributed by atoms with Crippen LogP contribution in [0.2, 0.25) is 0 Å². The summed E-state index contributed by atoms with van der Waals surface area (Å²) in [6, 6.07) is 8.25. The zero-order valence-electron chi connectivity index (χ0n) is 10.8. The fourth-order valence-electron chi connectivity index (χ4n) is 2.08. The van der Waals surface area contributed by atoms with Crippen molar-refractivity contribution in [3.63, 3.8) is 0 Å². The molecule has 0 bridgehead atoms. The third-order valence-electron chi connectivity index (χ3n) is 3.13. The average Bonchev–Trinajstić information content (AvgIpc) is 2.28. The SMILES string of the molecule is CCCCCC(CC(=O)O)c1ccc(C)cc1. The lowest BCUT2D eigenvalue weighted by atomic mass is 9.90. The number of benzene rings is 1. The number of carbonyl (C=O) groups is 1. The molecule has 0 aliphatic rings. The van der Waals surface area contributed by atoms with Crippen LogP contribution in [-0.4, -0.2) is 11.1 Å². The van der Waals surface area contributed by atoms with Crippen molar-refractivity contribution in [3.05, 3.63) is 35.4 Å². The summed E-state index contributed by atoms with van der Waals surface area (Å²) < 4.78 is 0. The third kappa shape index (κ3) is 5.03. The molecule has 1 atom stereocenters. The molecule has 0 aliphatic carbocycles. The zero-order chi connectivity index (χ0) is 12.7. The van der Waals surface area contributed by atoms with Gasteiger partial charge in [-0.15, -0.1) is 0 Å². The zero-order valence-corrected chi connectivity index (χ0v) is 10.8. The normalized spacial score (nSPS) is 12.4. The second kappa shape index (κ2) is 7.10. The molecule has 0 heterocycles. The van der Waals surface area contributed by atoms with E-state index in [4.69, 9.17) is 5.11 Å². The highest BCUT2D eigenvalue weighted by Crippen LogP contribution is 2.26. The Morgan fingerprint density at radius 3 is 2.41 bits per heavy atom. The summed E-state index contributed by atoms with van der Waals surface area (Å²) in [5, 5.41) is 8.96. The van der Waals surface area contributed by atoms with Crippen molar-refractivity contribution in [2.24, 2.45) is 0 Å². The van der Waals surface area contributed by atoms with Gasteiger partial charge >= 0.3 is 5.97 Å². The van der Waals surface area contributed by atoms with Gasteiger partial charge < -0.3 is 5.11 Å². The van der Waals surface area contributed by atoms with E-state index in [-0.39, 0.29) is 12.3 Å². The van der Waals surface area contributed by atoms with Gasteiger partial charge in [-0.3, -0.25) is 4.79 Å². The number of carboxylic acid groups (broad SMARTS) is 1. The highest BCUT2D eigenvalue weighted by molar-refractivity contribution is 5.68. The second-order valence-corrected chi connectivity index (χ2v) is 4.70. The number of rotatable bonds is 7. The number of aliphatic carboxylic acids is 1. The Labute approximate surface area is 104 Å². The predicted molar refractivity (Wildman–Crippen MR) is 70.3 cm³/mol. The molecule has 0 fully saturated rings. The molecule has 1 aromatic rings. The summed E-state index contributed by atoms with van der Waals surface area (Å²) in [6.07, 6.45) is 4.69. The van der Waals surface area contributed by atoms with E-state index >= 15 is 0 Å². The first-order valence-electron chi connectivity index (χ1n) is 6.41. The van der Waals surface area contributed by atoms with Gasteiger partial charge in [0.25, 0.3) is 0 Å². The molecule has 2 nitrogen and oxygen atoms in total. The largest absolute Gasteiger partial charge is 0.481 e. The Balaban J connectivity index is 2.67. The number of aryl methyl sites for hydroxylation is 1. The molecule has 0 saturated carbocycles. The van der Waals surface area contributed by atoms with Gasteiger partial charge in [-0.1, -0.05) is 56.0 Å². The van der Waals surface area contributed by atoms with Crippen LogP contribution in [0.1, 0.15) is 56.1 Å². The summed E-state index contributed by atoms with van der Waals surface area (Å²) in [6.45, 7) is 4.21. The number of unbranched alkanes of at least 4 members (excludes halogenated alkanes) is 2. The van der Waals surface area contributed by atoms with Gasteiger partial charge in [0.05, 0.1) is 6.42 Å². The van der Waals surface area contributed by atoms with Crippen LogP contribution in [0.25, 0.3) is 0 Å². The van der Waals surface area contributed by atoms with Gasteiger partial charge in [0, 0.05) is 0 Å². The Morgan fingerprint density at radius 2 is 1.88 bits per heavy atom. The van der Waals surface area contributed by atoms with Crippen molar-refractivity contribution < 1.29 is 9.90 Å². The van der Waals surface area contributed by atoms with E-state index in [1.54, 1.807) is 0 Å². The molecule has 0 radical (unpaired) electrons. The quantitative estimate of drug-likeness (QED) is 0.720. The Morgan fingerprint density at radius 1 is 1.24 bits per heavy atom. The molecule has 0 aliphatic heterocycles. The van der Waals surface area contributed by atoms with Gasteiger partial charge in [-0.25, -0.2) is 0 Å². The van der Waals surface area contributed by atoms with Crippen molar-refractivity contribution >= 4 is 5.97 Å². The lowest BCUT2D eigenvalue weighted by Gasteiger charge is -2.15. The average molecular weight is 234 g/mol. The van der Waals surface area contributed by atoms with E-state index in [0.29, 0.717) is 0 Å². The standard InChI is InChI=1S/C15H22O2/c1-3-4-5-6-14(11-15(16)17)13-9-7-12(2)8-10-13/h7-10,14H,3-6,11H2,1-2H3,(H,16,17). The fraction of sp³-hybridized carbons (Fsp3) is 0.533. The van der Waals surface area contributed by atoms with Crippen LogP contribution in [0.5, 0.6) is 0 Å². The summed E-state index contributed by atoms with van der Waals surface area (Å²) in [4.78, 5) is 10.9. The van der Waals surface area contributed by atoms with E-state index < -0.39 is 5.97 Å². The monoisotopic (exact) mass is 234 g/mol. The van der Waals surface area contributed by atoms with E-state index in [1.165, 1.54) is 18.4 Å². The number of carboxylic acids is 1. The van der Waals surface area contributed by atoms with E-state index in [9.17, 15) is 4.79 Å². The summed E-state index contributed by atoms with van der Waals surface area (Å²) >= 11 is 0. The maximum absolute atomic E-state index is 10.9. The first-order chi connectivity index (χ1) is 8.13. The first-order valence-corrected chi connectivity index (χ1v) is 6.41. The second-order valence-electron chi connectivity index (χ2n) is 4.70. The van der Waals surface area contributed by atoms with E-state index in [0.717, 1.165) is 18.4 Å². The molecule has 1 N–H and O–H groups in total. The Hall–Kier alpha value is -1.31. The summed E-state index contributed by atoms with van der Waals surface area (Å²) in [5.41, 5.74) is 2.38. The molecule has 1 aromatic carbocycles. The van der Waals surface area contributed by atoms with Crippen LogP contribution in [0.4, 0.5) is 0 Å². The molecule has 0 aromatic heterocycles. The molecule has 2 heteroatoms. The van der Waals surface area contributed by atoms with Crippen LogP contribution < -0.4 is 0 Å². The van der Waals surface area contributed by atoms with Crippen molar-refractivity contribution in [2.75, 3.05) is 0 Å². The van der Waals surface area contributed by atoms with E-state index in [1.807, 2.05) is 6.92 Å². The molecule has 94 valence electrons. The van der Waals surface area contributed by atoms with Gasteiger partial charge in [-0.2, -0.15) is 0 Å². The number of hydrogen-bond donors (Lipinski definition) is 1. The predicted octanol–water partition coefficient (Wildman–Crippen LogP) is 4.13. The Bertz CT molecular complexity index is 340. The van der Waals surface area contributed by atoms with Crippen molar-refractivity contribution in [2.45, 2.75) is 51.9 Å². The number of hydrogen-bond acceptors (Lipinski definition) is 1. The minimum Gasteiger partial charge on any atom is -0.481 e. The maximum atomic E-state index is 10.9. The Kier molecular flexibility index (Phi) is 5.75. The molecule has 17 heavy (non-hydrogen) atoms. The lowest BCUT2D eigenvalue weighted by Crippen LogP contribution is -2.06. The topological polar surface area (TPSA) is 37.3 Å². The molecule has 1 rings (SSSR count). The lowest BCUT2D eigenvalue weighted by molar-refractivity contribution is -0.137. The van der Waals surface area contributed by atoms with Gasteiger partial charge in [0.1, 0.15) is 0 Å². The molecule has 0 saturated heterocycles. The fourth-order valence-corrected chi connectivity index (χ4v) is 2.08. The molecular formula is C15H22O2. The first kappa shape index (κ1) is 13.8. The van der Waals surface area contributed by atoms with Crippen LogP contribution in [-0.2, 0) is 4.79 Å². The smallest absolute Gasteiger partial charge is 0.303 e. The van der Waals surface area contributed by atoms with Crippen LogP contribution in [0, 0.1) is 6.92 Å². The highest BCUT2D eigenvalue weighted by atomic mass is 16.4. The maximum Gasteiger partial charge on any atom is 0.303 e. The molecule has 1 unspecified atom stereocenters. The minimum absolute atomic E-state index is 0.166. The highest BCUT2D eigenvalue weighted by Gasteiger charge is 2.14. The molecular weight excluding hydrogens is 212 g/mol. The molecule has 0 spiro atoms.